The van der Waals surface area contributed by atoms with Crippen molar-refractivity contribution >= 4 is 21.4 Å². The molecule has 0 aromatic carbocycles. The zero-order valence-electron chi connectivity index (χ0n) is 13.9. The van der Waals surface area contributed by atoms with Crippen LogP contribution in [0.5, 0.6) is 0 Å². The molecule has 1 heterocycles. The van der Waals surface area contributed by atoms with E-state index in [1.807, 2.05) is 47.6 Å². The van der Waals surface area contributed by atoms with Crippen LogP contribution in [0, 0.1) is 12.8 Å². The first-order valence-corrected chi connectivity index (χ1v) is 9.77. The number of sulfonamides is 1. The molecule has 0 bridgehead atoms. The molecule has 21 heavy (non-hydrogen) atoms. The summed E-state index contributed by atoms with van der Waals surface area (Å²) in [5.74, 6) is 0.310. The second-order valence-electron chi connectivity index (χ2n) is 6.01. The van der Waals surface area contributed by atoms with Gasteiger partial charge in [-0.15, -0.1) is 11.3 Å². The lowest BCUT2D eigenvalue weighted by Gasteiger charge is -2.26. The van der Waals surface area contributed by atoms with Gasteiger partial charge in [-0.2, -0.15) is 4.31 Å². The van der Waals surface area contributed by atoms with Crippen LogP contribution in [0.3, 0.4) is 0 Å². The smallest absolute Gasteiger partial charge is 0.252 e. The fraction of sp³-hybridized carbons (Fsp3) is 0.733. The lowest BCUT2D eigenvalue weighted by molar-refractivity contribution is 0.319. The van der Waals surface area contributed by atoms with Gasteiger partial charge in [-0.25, -0.2) is 8.42 Å². The molecule has 0 aliphatic carbocycles. The van der Waals surface area contributed by atoms with E-state index >= 15 is 0 Å². The predicted octanol–water partition coefficient (Wildman–Crippen LogP) is 3.22. The normalized spacial score (nSPS) is 12.8. The van der Waals surface area contributed by atoms with Crippen LogP contribution in [0.25, 0.3) is 0 Å². The monoisotopic (exact) mass is 332 g/mol. The Kier molecular flexibility index (Phi) is 6.84. The van der Waals surface area contributed by atoms with Gasteiger partial charge in [0.05, 0.1) is 0 Å². The molecule has 0 fully saturated rings. The molecule has 0 saturated carbocycles. The maximum absolute atomic E-state index is 12.9. The molecule has 0 spiro atoms. The van der Waals surface area contributed by atoms with Gasteiger partial charge in [-0.05, 0) is 44.9 Å². The number of hydrogen-bond donors (Lipinski definition) is 1. The Morgan fingerprint density at radius 2 is 1.90 bits per heavy atom. The molecule has 0 atom stereocenters. The van der Waals surface area contributed by atoms with Gasteiger partial charge in [0.25, 0.3) is 10.0 Å². The van der Waals surface area contributed by atoms with E-state index < -0.39 is 10.0 Å². The largest absolute Gasteiger partial charge is 0.312 e. The summed E-state index contributed by atoms with van der Waals surface area (Å²) >= 11 is 1.39. The van der Waals surface area contributed by atoms with E-state index in [1.54, 1.807) is 4.31 Å². The number of aryl methyl sites for hydroxylation is 1. The van der Waals surface area contributed by atoms with Crippen molar-refractivity contribution < 1.29 is 8.42 Å². The zero-order chi connectivity index (χ0) is 16.2. The molecule has 1 aromatic heterocycles. The lowest BCUT2D eigenvalue weighted by Crippen LogP contribution is -2.39. The van der Waals surface area contributed by atoms with Crippen LogP contribution in [0.1, 0.15) is 45.1 Å². The van der Waals surface area contributed by atoms with Gasteiger partial charge in [-0.1, -0.05) is 20.8 Å². The fourth-order valence-electron chi connectivity index (χ4n) is 2.09. The van der Waals surface area contributed by atoms with Crippen molar-refractivity contribution in [3.63, 3.8) is 0 Å². The van der Waals surface area contributed by atoms with Gasteiger partial charge in [0, 0.05) is 24.0 Å². The van der Waals surface area contributed by atoms with E-state index in [4.69, 9.17) is 0 Å². The minimum atomic E-state index is -3.40. The SMILES string of the molecule is CCNCc1sc(S(=O)(=O)N(CC(C)C)C(C)C)cc1C. The number of nitrogens with zero attached hydrogens (tertiary/aromatic N) is 1. The Labute approximate surface area is 133 Å². The predicted molar refractivity (Wildman–Crippen MR) is 90.3 cm³/mol. The van der Waals surface area contributed by atoms with E-state index in [-0.39, 0.29) is 6.04 Å². The van der Waals surface area contributed by atoms with E-state index in [9.17, 15) is 8.42 Å². The quantitative estimate of drug-likeness (QED) is 0.795. The van der Waals surface area contributed by atoms with Gasteiger partial charge in [0.1, 0.15) is 4.21 Å². The molecule has 4 nitrogen and oxygen atoms in total. The van der Waals surface area contributed by atoms with E-state index in [1.165, 1.54) is 11.3 Å². The van der Waals surface area contributed by atoms with Crippen LogP contribution in [0.2, 0.25) is 0 Å². The minimum absolute atomic E-state index is 0.0305. The van der Waals surface area contributed by atoms with Gasteiger partial charge >= 0.3 is 0 Å². The highest BCUT2D eigenvalue weighted by atomic mass is 32.2. The fourth-order valence-corrected chi connectivity index (χ4v) is 5.58. The third-order valence-electron chi connectivity index (χ3n) is 3.22. The van der Waals surface area contributed by atoms with Crippen molar-refractivity contribution in [1.82, 2.24) is 9.62 Å². The van der Waals surface area contributed by atoms with Crippen molar-refractivity contribution in [2.24, 2.45) is 5.92 Å². The van der Waals surface area contributed by atoms with Gasteiger partial charge < -0.3 is 5.32 Å². The molecule has 1 rings (SSSR count). The van der Waals surface area contributed by atoms with Gasteiger partial charge in [0.2, 0.25) is 0 Å². The topological polar surface area (TPSA) is 49.4 Å². The summed E-state index contributed by atoms with van der Waals surface area (Å²) in [6, 6.07) is 1.78. The van der Waals surface area contributed by atoms with Crippen molar-refractivity contribution in [3.8, 4) is 0 Å². The standard InChI is InChI=1S/C15H28N2O2S2/c1-7-16-9-14-13(6)8-15(20-14)21(18,19)17(12(4)5)10-11(2)3/h8,11-12,16H,7,9-10H2,1-6H3. The van der Waals surface area contributed by atoms with Gasteiger partial charge in [0.15, 0.2) is 0 Å². The first-order chi connectivity index (χ1) is 9.70. The molecular weight excluding hydrogens is 304 g/mol. The summed E-state index contributed by atoms with van der Waals surface area (Å²) in [5.41, 5.74) is 1.05. The molecule has 122 valence electrons. The van der Waals surface area contributed by atoms with Crippen LogP contribution < -0.4 is 5.32 Å². The number of rotatable bonds is 8. The highest BCUT2D eigenvalue weighted by Gasteiger charge is 2.29. The number of hydrogen-bond acceptors (Lipinski definition) is 4. The molecule has 1 N–H and O–H groups in total. The Bertz CT molecular complexity index is 548. The molecule has 0 aliphatic rings. The zero-order valence-corrected chi connectivity index (χ0v) is 15.6. The second kappa shape index (κ2) is 7.72. The van der Waals surface area contributed by atoms with E-state index in [2.05, 4.69) is 5.32 Å². The average Bonchev–Trinajstić information content (AvgIpc) is 2.75. The summed E-state index contributed by atoms with van der Waals surface area (Å²) in [5, 5.41) is 3.26. The van der Waals surface area contributed by atoms with Crippen LogP contribution in [0.15, 0.2) is 10.3 Å². The molecular formula is C15H28N2O2S2. The van der Waals surface area contributed by atoms with Crippen LogP contribution in [0.4, 0.5) is 0 Å². The number of thiophene rings is 1. The molecule has 0 aliphatic heterocycles. The average molecular weight is 333 g/mol. The first kappa shape index (κ1) is 18.6. The first-order valence-electron chi connectivity index (χ1n) is 7.52. The van der Waals surface area contributed by atoms with E-state index in [0.29, 0.717) is 16.7 Å². The van der Waals surface area contributed by atoms with Crippen LogP contribution in [-0.2, 0) is 16.6 Å². The van der Waals surface area contributed by atoms with Gasteiger partial charge in [-0.3, -0.25) is 0 Å². The summed E-state index contributed by atoms with van der Waals surface area (Å²) in [6.07, 6.45) is 0. The third kappa shape index (κ3) is 4.77. The molecule has 0 unspecified atom stereocenters. The molecule has 1 aromatic rings. The Morgan fingerprint density at radius 1 is 1.29 bits per heavy atom. The molecule has 0 radical (unpaired) electrons. The van der Waals surface area contributed by atoms with Crippen molar-refractivity contribution in [3.05, 3.63) is 16.5 Å². The Balaban J connectivity index is 3.10. The van der Waals surface area contributed by atoms with Crippen molar-refractivity contribution in [2.45, 2.75) is 58.3 Å². The maximum Gasteiger partial charge on any atom is 0.252 e. The van der Waals surface area contributed by atoms with Crippen LogP contribution >= 0.6 is 11.3 Å². The highest BCUT2D eigenvalue weighted by Crippen LogP contribution is 2.29. The Hall–Kier alpha value is -0.430. The lowest BCUT2D eigenvalue weighted by atomic mass is 10.2. The van der Waals surface area contributed by atoms with Crippen LogP contribution in [-0.4, -0.2) is 31.9 Å². The number of nitrogens with one attached hydrogen (secondary N) is 1. The summed E-state index contributed by atoms with van der Waals surface area (Å²) in [4.78, 5) is 1.10. The molecule has 6 heteroatoms. The summed E-state index contributed by atoms with van der Waals surface area (Å²) in [7, 11) is -3.40. The highest BCUT2D eigenvalue weighted by molar-refractivity contribution is 7.91. The Morgan fingerprint density at radius 3 is 2.38 bits per heavy atom. The van der Waals surface area contributed by atoms with Crippen molar-refractivity contribution in [2.75, 3.05) is 13.1 Å². The van der Waals surface area contributed by atoms with Crippen molar-refractivity contribution in [1.29, 1.82) is 0 Å². The summed E-state index contributed by atoms with van der Waals surface area (Å²) in [6.45, 7) is 14.1. The minimum Gasteiger partial charge on any atom is -0.312 e. The maximum atomic E-state index is 12.9. The van der Waals surface area contributed by atoms with E-state index in [0.717, 1.165) is 23.5 Å². The third-order valence-corrected chi connectivity index (χ3v) is 6.95. The molecule has 0 amide bonds. The second-order valence-corrected chi connectivity index (χ2v) is 9.27. The molecule has 0 saturated heterocycles. The summed E-state index contributed by atoms with van der Waals surface area (Å²) < 4.78 is 27.8.